The average molecular weight is 1330 g/mol. The lowest BCUT2D eigenvalue weighted by Gasteiger charge is -2.32. The Kier molecular flexibility index (Phi) is 23.7. The highest BCUT2D eigenvalue weighted by Gasteiger charge is 2.34. The monoisotopic (exact) mass is 1330 g/mol. The second kappa shape index (κ2) is 31.6. The van der Waals surface area contributed by atoms with Crippen LogP contribution in [-0.2, 0) is 90.7 Å². The minimum atomic E-state index is -1.17. The van der Waals surface area contributed by atoms with Gasteiger partial charge in [-0.15, -0.1) is 20.4 Å². The normalized spacial score (nSPS) is 12.1. The van der Waals surface area contributed by atoms with Crippen LogP contribution in [0.4, 0.5) is 22.7 Å². The third-order valence-electron chi connectivity index (χ3n) is 14.6. The second-order valence-electron chi connectivity index (χ2n) is 27.9. The van der Waals surface area contributed by atoms with Crippen LogP contribution in [0.3, 0.4) is 0 Å². The topological polar surface area (TPSA) is 344 Å². The van der Waals surface area contributed by atoms with Gasteiger partial charge in [0.25, 0.3) is 0 Å². The molecule has 4 N–H and O–H groups in total. The first kappa shape index (κ1) is 72.7. The molecule has 4 aromatic carbocycles. The number of Topliss-reactive ketones (excluding diaryl/α,β-unsaturated/α-hetero) is 4. The standard InChI is InChI=1S/C69H84N16O12/c1-65(2,3)61(90)45-17-13-21-49(25-45)70-57(86)33-82-29-53(74-78-82)37-94-41-69(42-95-38-54-30-83(79-75-54)34-58(87)71-50-22-14-18-46(26-50)62(91)66(4,5)6,43-96-39-55-31-84(80-76-55)35-59(88)72-51-23-15-19-47(27-51)63(92)67(7,8)9)44-97-40-56-32-85(81-77-56)36-60(89)73-52-24-16-20-48(28-52)64(93)68(10,11)12/h13-32H,33-44H2,1-12H3,(H,70,86)(H,71,87)(H,72,88)(H,73,89). The van der Waals surface area contributed by atoms with Crippen molar-refractivity contribution in [3.8, 4) is 0 Å². The van der Waals surface area contributed by atoms with Gasteiger partial charge in [0.15, 0.2) is 23.1 Å². The van der Waals surface area contributed by atoms with E-state index in [1.807, 2.05) is 83.1 Å². The number of hydrogen-bond donors (Lipinski definition) is 4. The van der Waals surface area contributed by atoms with E-state index >= 15 is 0 Å². The maximum Gasteiger partial charge on any atom is 0.246 e. The molecule has 0 aliphatic carbocycles. The summed E-state index contributed by atoms with van der Waals surface area (Å²) < 4.78 is 31.0. The smallest absolute Gasteiger partial charge is 0.246 e. The largest absolute Gasteiger partial charge is 0.374 e. The number of aromatic nitrogens is 12. The van der Waals surface area contributed by atoms with Crippen LogP contribution in [0.5, 0.6) is 0 Å². The zero-order chi connectivity index (χ0) is 70.3. The van der Waals surface area contributed by atoms with E-state index in [1.165, 1.54) is 18.7 Å². The molecule has 4 aromatic heterocycles. The number of benzene rings is 4. The lowest BCUT2D eigenvalue weighted by atomic mass is 9.86. The van der Waals surface area contributed by atoms with Crippen LogP contribution >= 0.6 is 0 Å². The summed E-state index contributed by atoms with van der Waals surface area (Å²) in [5.41, 5.74) is 1.42. The Morgan fingerprint density at radius 3 is 0.732 bits per heavy atom. The summed E-state index contributed by atoms with van der Waals surface area (Å²) in [7, 11) is 0. The summed E-state index contributed by atoms with van der Waals surface area (Å²) >= 11 is 0. The number of carbonyl (C=O) groups excluding carboxylic acids is 8. The van der Waals surface area contributed by atoms with Crippen LogP contribution in [0.25, 0.3) is 0 Å². The van der Waals surface area contributed by atoms with Gasteiger partial charge >= 0.3 is 0 Å². The predicted octanol–water partition coefficient (Wildman–Crippen LogP) is 8.68. The SMILES string of the molecule is CC(C)(C)C(=O)c1cccc(NC(=O)Cn2cc(COCC(COCc3cn(CC(=O)Nc4cccc(C(=O)C(C)(C)C)c4)nn3)(COCc3cn(CC(=O)Nc4cccc(C(=O)C(C)(C)C)c4)nn3)COCc3cn(CC(=O)Nc4cccc(C(=O)C(C)(C)C)c4)nn3)nn2)c1. The number of hydrogen-bond acceptors (Lipinski definition) is 20. The Bertz CT molecular complexity index is 3590. The zero-order valence-corrected chi connectivity index (χ0v) is 56.8. The van der Waals surface area contributed by atoms with Crippen LogP contribution in [0.2, 0.25) is 0 Å². The molecule has 0 aliphatic heterocycles. The molecule has 0 saturated heterocycles. The second-order valence-corrected chi connectivity index (χ2v) is 27.9. The molecule has 4 heterocycles. The van der Waals surface area contributed by atoms with Crippen LogP contribution in [0, 0.1) is 27.1 Å². The maximum atomic E-state index is 13.3. The van der Waals surface area contributed by atoms with Crippen molar-refractivity contribution in [2.75, 3.05) is 47.7 Å². The molecule has 0 saturated carbocycles. The number of anilines is 4. The van der Waals surface area contributed by atoms with Crippen molar-refractivity contribution < 1.29 is 57.3 Å². The summed E-state index contributed by atoms with van der Waals surface area (Å²) in [4.78, 5) is 105. The van der Waals surface area contributed by atoms with Gasteiger partial charge in [0, 0.05) is 66.7 Å². The molecule has 4 amide bonds. The van der Waals surface area contributed by atoms with Crippen molar-refractivity contribution in [1.82, 2.24) is 60.0 Å². The number of nitrogens with zero attached hydrogens (tertiary/aromatic N) is 12. The van der Waals surface area contributed by atoms with Gasteiger partial charge < -0.3 is 40.2 Å². The first-order chi connectivity index (χ1) is 45.7. The Balaban J connectivity index is 0.978. The van der Waals surface area contributed by atoms with Crippen molar-refractivity contribution in [3.05, 3.63) is 167 Å². The van der Waals surface area contributed by atoms with Crippen molar-refractivity contribution in [2.45, 2.75) is 136 Å². The minimum absolute atomic E-state index is 0.0741. The van der Waals surface area contributed by atoms with E-state index in [-0.39, 0.29) is 102 Å². The summed E-state index contributed by atoms with van der Waals surface area (Å²) in [5, 5.41) is 44.9. The molecule has 28 nitrogen and oxygen atoms in total. The van der Waals surface area contributed by atoms with Gasteiger partial charge in [-0.1, -0.05) is 152 Å². The van der Waals surface area contributed by atoms with Crippen molar-refractivity contribution in [3.63, 3.8) is 0 Å². The van der Waals surface area contributed by atoms with Gasteiger partial charge in [0.05, 0.1) is 83.1 Å². The number of carbonyl (C=O) groups is 8. The highest BCUT2D eigenvalue weighted by atomic mass is 16.5. The summed E-state index contributed by atoms with van der Waals surface area (Å²) in [6.45, 7) is 20.2. The molecule has 8 rings (SSSR count). The van der Waals surface area contributed by atoms with Crippen LogP contribution in [-0.4, -0.2) is 133 Å². The fourth-order valence-corrected chi connectivity index (χ4v) is 9.74. The molecule has 0 radical (unpaired) electrons. The van der Waals surface area contributed by atoms with Crippen LogP contribution < -0.4 is 21.3 Å². The van der Waals surface area contributed by atoms with E-state index in [4.69, 9.17) is 18.9 Å². The van der Waals surface area contributed by atoms with E-state index in [2.05, 4.69) is 62.5 Å². The number of nitrogens with one attached hydrogen (secondary N) is 4. The van der Waals surface area contributed by atoms with E-state index in [1.54, 1.807) is 122 Å². The van der Waals surface area contributed by atoms with Gasteiger partial charge in [0.1, 0.15) is 49.0 Å². The fourth-order valence-electron chi connectivity index (χ4n) is 9.74. The summed E-state index contributed by atoms with van der Waals surface area (Å²) in [6.07, 6.45) is 6.23. The Hall–Kier alpha value is -10.2. The highest BCUT2D eigenvalue weighted by molar-refractivity contribution is 6.04. The molecule has 0 atom stereocenters. The molecular formula is C69H84N16O12. The van der Waals surface area contributed by atoms with Crippen molar-refractivity contribution >= 4 is 69.5 Å². The Morgan fingerprint density at radius 1 is 0.330 bits per heavy atom. The quantitative estimate of drug-likeness (QED) is 0.0286. The van der Waals surface area contributed by atoms with Gasteiger partial charge in [-0.05, 0) is 48.5 Å². The number of amides is 4. The zero-order valence-electron chi connectivity index (χ0n) is 56.8. The molecule has 28 heteroatoms. The average Bonchev–Trinajstić information content (AvgIpc) is 1.55. The van der Waals surface area contributed by atoms with Crippen molar-refractivity contribution in [1.29, 1.82) is 0 Å². The van der Waals surface area contributed by atoms with E-state index < -0.39 is 50.7 Å². The number of ketones is 4. The highest BCUT2D eigenvalue weighted by Crippen LogP contribution is 2.28. The van der Waals surface area contributed by atoms with Gasteiger partial charge in [-0.3, -0.25) is 38.4 Å². The Labute approximate surface area is 561 Å². The van der Waals surface area contributed by atoms with E-state index in [0.29, 0.717) is 67.8 Å². The number of rotatable bonds is 32. The fraction of sp³-hybridized carbons (Fsp3) is 0.420. The summed E-state index contributed by atoms with van der Waals surface area (Å²) in [5.74, 6) is -1.96. The van der Waals surface area contributed by atoms with Gasteiger partial charge in [0.2, 0.25) is 23.6 Å². The third kappa shape index (κ3) is 21.9. The lowest BCUT2D eigenvalue weighted by Crippen LogP contribution is -2.41. The molecule has 0 unspecified atom stereocenters. The van der Waals surface area contributed by atoms with Crippen molar-refractivity contribution in [2.24, 2.45) is 27.1 Å². The number of ether oxygens (including phenoxy) is 4. The lowest BCUT2D eigenvalue weighted by molar-refractivity contribution is -0.118. The molecule has 0 bridgehead atoms. The van der Waals surface area contributed by atoms with E-state index in [0.717, 1.165) is 0 Å². The first-order valence-corrected chi connectivity index (χ1v) is 31.4. The van der Waals surface area contributed by atoms with Gasteiger partial charge in [-0.2, -0.15) is 0 Å². The van der Waals surface area contributed by atoms with Crippen LogP contribution in [0.1, 0.15) is 147 Å². The first-order valence-electron chi connectivity index (χ1n) is 31.4. The predicted molar refractivity (Wildman–Crippen MR) is 357 cm³/mol. The third-order valence-corrected chi connectivity index (χ3v) is 14.6. The minimum Gasteiger partial charge on any atom is -0.374 e. The Morgan fingerprint density at radius 2 is 0.536 bits per heavy atom. The molecule has 0 fully saturated rings. The molecule has 0 aliphatic rings. The van der Waals surface area contributed by atoms with E-state index in [9.17, 15) is 38.4 Å². The molecule has 512 valence electrons. The summed E-state index contributed by atoms with van der Waals surface area (Å²) in [6, 6.07) is 26.8. The molecule has 97 heavy (non-hydrogen) atoms. The molecule has 8 aromatic rings. The maximum absolute atomic E-state index is 13.3. The van der Waals surface area contributed by atoms with Crippen LogP contribution in [0.15, 0.2) is 122 Å². The molecular weight excluding hydrogens is 1240 g/mol. The molecule has 0 spiro atoms. The van der Waals surface area contributed by atoms with Gasteiger partial charge in [-0.25, -0.2) is 18.7 Å².